The molecule has 0 bridgehead atoms. The third-order valence-corrected chi connectivity index (χ3v) is 2.74. The minimum Gasteiger partial charge on any atom is -0.498 e. The molecule has 1 aromatic rings. The maximum absolute atomic E-state index is 11.4. The number of rotatable bonds is 5. The summed E-state index contributed by atoms with van der Waals surface area (Å²) in [6.07, 6.45) is 2.88. The highest BCUT2D eigenvalue weighted by Crippen LogP contribution is 2.26. The van der Waals surface area contributed by atoms with Gasteiger partial charge >= 0.3 is 0 Å². The summed E-state index contributed by atoms with van der Waals surface area (Å²) in [7, 11) is 1.58. The fraction of sp³-hybridized carbons (Fsp3) is 0.417. The molecular formula is C12H15NO3. The molecule has 1 N–H and O–H groups in total. The van der Waals surface area contributed by atoms with Crippen molar-refractivity contribution in [1.29, 1.82) is 0 Å². The van der Waals surface area contributed by atoms with Crippen LogP contribution in [0.5, 0.6) is 0 Å². The van der Waals surface area contributed by atoms with Crippen LogP contribution in [0.15, 0.2) is 34.3 Å². The summed E-state index contributed by atoms with van der Waals surface area (Å²) in [4.78, 5) is 11.4. The number of ketones is 1. The van der Waals surface area contributed by atoms with Crippen LogP contribution in [0.4, 0.5) is 0 Å². The molecule has 1 aliphatic rings. The summed E-state index contributed by atoms with van der Waals surface area (Å²) in [6, 6.07) is 3.77. The maximum atomic E-state index is 11.4. The molecule has 86 valence electrons. The van der Waals surface area contributed by atoms with Gasteiger partial charge in [-0.05, 0) is 18.6 Å². The first-order valence-electron chi connectivity index (χ1n) is 5.36. The largest absolute Gasteiger partial charge is 0.498 e. The molecular weight excluding hydrogens is 206 g/mol. The van der Waals surface area contributed by atoms with Crippen molar-refractivity contribution < 1.29 is 13.9 Å². The number of hydrogen-bond acceptors (Lipinski definition) is 4. The molecule has 0 aromatic carbocycles. The van der Waals surface area contributed by atoms with Gasteiger partial charge in [0.05, 0.1) is 25.8 Å². The number of nitrogens with one attached hydrogen (secondary N) is 1. The highest BCUT2D eigenvalue weighted by Gasteiger charge is 2.30. The van der Waals surface area contributed by atoms with E-state index in [-0.39, 0.29) is 11.8 Å². The summed E-state index contributed by atoms with van der Waals surface area (Å²) >= 11 is 0. The summed E-state index contributed by atoms with van der Waals surface area (Å²) in [6.45, 7) is 2.04. The van der Waals surface area contributed by atoms with E-state index in [1.807, 2.05) is 19.1 Å². The third kappa shape index (κ3) is 1.83. The number of furan rings is 1. The number of carbonyl (C=O) groups excluding carboxylic acids is 1. The standard InChI is InChI=1S/C12H15NO3/c1-3-8(10-5-4-6-16-10)13-12-9(14)7-11(12)15-2/h4-6,8,13H,3,7H2,1-2H3/t8-/m1/s1. The Morgan fingerprint density at radius 2 is 2.44 bits per heavy atom. The molecule has 4 nitrogen and oxygen atoms in total. The van der Waals surface area contributed by atoms with E-state index in [4.69, 9.17) is 9.15 Å². The molecule has 0 unspecified atom stereocenters. The molecule has 0 radical (unpaired) electrons. The van der Waals surface area contributed by atoms with Gasteiger partial charge in [0.1, 0.15) is 17.2 Å². The zero-order valence-electron chi connectivity index (χ0n) is 9.45. The smallest absolute Gasteiger partial charge is 0.189 e. The summed E-state index contributed by atoms with van der Waals surface area (Å²) in [5.41, 5.74) is 0.589. The highest BCUT2D eigenvalue weighted by molar-refractivity contribution is 6.03. The lowest BCUT2D eigenvalue weighted by molar-refractivity contribution is -0.118. The van der Waals surface area contributed by atoms with Crippen LogP contribution in [0, 0.1) is 0 Å². The van der Waals surface area contributed by atoms with Gasteiger partial charge in [-0.1, -0.05) is 6.92 Å². The van der Waals surface area contributed by atoms with E-state index in [1.54, 1.807) is 13.4 Å². The zero-order chi connectivity index (χ0) is 11.5. The fourth-order valence-corrected chi connectivity index (χ4v) is 1.74. The zero-order valence-corrected chi connectivity index (χ0v) is 9.45. The van der Waals surface area contributed by atoms with Gasteiger partial charge < -0.3 is 14.5 Å². The van der Waals surface area contributed by atoms with Gasteiger partial charge in [0.2, 0.25) is 0 Å². The third-order valence-electron chi connectivity index (χ3n) is 2.74. The van der Waals surface area contributed by atoms with Crippen molar-refractivity contribution in [3.05, 3.63) is 35.6 Å². The first-order chi connectivity index (χ1) is 7.76. The fourth-order valence-electron chi connectivity index (χ4n) is 1.74. The number of allylic oxidation sites excluding steroid dienone is 2. The second kappa shape index (κ2) is 4.43. The van der Waals surface area contributed by atoms with E-state index in [0.717, 1.165) is 17.9 Å². The predicted octanol–water partition coefficient (Wildman–Crippen LogP) is 2.15. The second-order valence-electron chi connectivity index (χ2n) is 3.72. The van der Waals surface area contributed by atoms with Gasteiger partial charge in [-0.3, -0.25) is 4.79 Å². The van der Waals surface area contributed by atoms with Crippen molar-refractivity contribution in [3.8, 4) is 0 Å². The predicted molar refractivity (Wildman–Crippen MR) is 58.5 cm³/mol. The van der Waals surface area contributed by atoms with Gasteiger partial charge in [-0.25, -0.2) is 0 Å². The van der Waals surface area contributed by atoms with Gasteiger partial charge in [-0.2, -0.15) is 0 Å². The van der Waals surface area contributed by atoms with E-state index < -0.39 is 0 Å². The quantitative estimate of drug-likeness (QED) is 0.827. The molecule has 1 atom stereocenters. The van der Waals surface area contributed by atoms with Gasteiger partial charge in [0.25, 0.3) is 0 Å². The summed E-state index contributed by atoms with van der Waals surface area (Å²) < 4.78 is 10.4. The molecule has 0 fully saturated rings. The van der Waals surface area contributed by atoms with Gasteiger partial charge in [-0.15, -0.1) is 0 Å². The Hall–Kier alpha value is -1.71. The Morgan fingerprint density at radius 3 is 2.94 bits per heavy atom. The van der Waals surface area contributed by atoms with E-state index in [1.165, 1.54) is 0 Å². The Bertz CT molecular complexity index is 406. The van der Waals surface area contributed by atoms with Gasteiger partial charge in [0.15, 0.2) is 5.78 Å². The van der Waals surface area contributed by atoms with Crippen LogP contribution in [0.25, 0.3) is 0 Å². The maximum Gasteiger partial charge on any atom is 0.189 e. The normalized spacial score (nSPS) is 17.0. The van der Waals surface area contributed by atoms with E-state index in [2.05, 4.69) is 5.32 Å². The first kappa shape index (κ1) is 10.8. The number of carbonyl (C=O) groups is 1. The Kier molecular flexibility index (Phi) is 2.99. The van der Waals surface area contributed by atoms with Crippen LogP contribution in [0.2, 0.25) is 0 Å². The van der Waals surface area contributed by atoms with Crippen LogP contribution in [-0.2, 0) is 9.53 Å². The van der Waals surface area contributed by atoms with Crippen molar-refractivity contribution in [2.75, 3.05) is 7.11 Å². The average molecular weight is 221 g/mol. The van der Waals surface area contributed by atoms with Crippen LogP contribution < -0.4 is 5.32 Å². The van der Waals surface area contributed by atoms with E-state index in [9.17, 15) is 4.79 Å². The van der Waals surface area contributed by atoms with Crippen LogP contribution in [-0.4, -0.2) is 12.9 Å². The Balaban J connectivity index is 2.11. The van der Waals surface area contributed by atoms with Crippen molar-refractivity contribution in [2.45, 2.75) is 25.8 Å². The van der Waals surface area contributed by atoms with Crippen molar-refractivity contribution in [3.63, 3.8) is 0 Å². The van der Waals surface area contributed by atoms with E-state index >= 15 is 0 Å². The highest BCUT2D eigenvalue weighted by atomic mass is 16.5. The van der Waals surface area contributed by atoms with Gasteiger partial charge in [0, 0.05) is 0 Å². The van der Waals surface area contributed by atoms with Crippen molar-refractivity contribution >= 4 is 5.78 Å². The summed E-state index contributed by atoms with van der Waals surface area (Å²) in [5, 5.41) is 3.17. The van der Waals surface area contributed by atoms with Crippen molar-refractivity contribution in [1.82, 2.24) is 5.32 Å². The molecule has 0 saturated carbocycles. The monoisotopic (exact) mass is 221 g/mol. The molecule has 0 spiro atoms. The lowest BCUT2D eigenvalue weighted by Crippen LogP contribution is -2.33. The van der Waals surface area contributed by atoms with E-state index in [0.29, 0.717) is 12.1 Å². The lowest BCUT2D eigenvalue weighted by Gasteiger charge is -2.25. The second-order valence-corrected chi connectivity index (χ2v) is 3.72. The minimum absolute atomic E-state index is 0.0272. The molecule has 1 aromatic heterocycles. The molecule has 1 aliphatic carbocycles. The number of ether oxygens (including phenoxy) is 1. The molecule has 1 heterocycles. The Labute approximate surface area is 94.3 Å². The topological polar surface area (TPSA) is 51.5 Å². The van der Waals surface area contributed by atoms with Crippen LogP contribution in [0.3, 0.4) is 0 Å². The Morgan fingerprint density at radius 1 is 1.62 bits per heavy atom. The minimum atomic E-state index is 0.0272. The molecule has 0 aliphatic heterocycles. The SMILES string of the molecule is CC[C@@H](NC1=C(OC)CC1=O)c1ccco1. The molecule has 0 amide bonds. The molecule has 0 saturated heterocycles. The number of methoxy groups -OCH3 is 1. The molecule has 4 heteroatoms. The van der Waals surface area contributed by atoms with Crippen LogP contribution >= 0.6 is 0 Å². The number of Topliss-reactive ketones (excluding diaryl/α,β-unsaturated/α-hetero) is 1. The molecule has 16 heavy (non-hydrogen) atoms. The van der Waals surface area contributed by atoms with Crippen molar-refractivity contribution in [2.24, 2.45) is 0 Å². The lowest BCUT2D eigenvalue weighted by atomic mass is 9.99. The van der Waals surface area contributed by atoms with Crippen LogP contribution in [0.1, 0.15) is 31.6 Å². The number of hydrogen-bond donors (Lipinski definition) is 1. The summed E-state index contributed by atoms with van der Waals surface area (Å²) in [5.74, 6) is 1.67. The first-order valence-corrected chi connectivity index (χ1v) is 5.36. The molecule has 2 rings (SSSR count). The average Bonchev–Trinajstić information content (AvgIpc) is 2.80.